The molecule has 0 unspecified atom stereocenters. The number of carbonyl (C=O) groups excluding carboxylic acids is 1. The molecule has 1 aromatic carbocycles. The number of hydrogen-bond donors (Lipinski definition) is 1. The number of anilines is 2. The number of aromatic nitrogens is 3. The Kier molecular flexibility index (Phi) is 6.69. The summed E-state index contributed by atoms with van der Waals surface area (Å²) in [5.41, 5.74) is 4.41. The van der Waals surface area contributed by atoms with Gasteiger partial charge in [0.2, 0.25) is 0 Å². The molecule has 0 atom stereocenters. The van der Waals surface area contributed by atoms with Crippen LogP contribution < -0.4 is 15.4 Å². The number of nitrogens with zero attached hydrogens (tertiary/aromatic N) is 5. The summed E-state index contributed by atoms with van der Waals surface area (Å²) in [5, 5.41) is 7.26. The number of carbonyl (C=O) groups is 1. The van der Waals surface area contributed by atoms with Crippen LogP contribution in [0.1, 0.15) is 27.3 Å². The topological polar surface area (TPSA) is 104 Å². The van der Waals surface area contributed by atoms with Crippen LogP contribution in [0.25, 0.3) is 17.3 Å². The lowest BCUT2D eigenvalue weighted by atomic mass is 10.0. The number of benzene rings is 1. The highest BCUT2D eigenvalue weighted by atomic mass is 16.5. The minimum Gasteiger partial charge on any atom is -0.492 e. The lowest BCUT2D eigenvalue weighted by Crippen LogP contribution is -2.38. The summed E-state index contributed by atoms with van der Waals surface area (Å²) in [4.78, 5) is 28.3. The van der Waals surface area contributed by atoms with Gasteiger partial charge in [-0.2, -0.15) is 0 Å². The molecule has 1 fully saturated rings. The van der Waals surface area contributed by atoms with E-state index in [1.54, 1.807) is 18.5 Å². The molecule has 1 N–H and O–H groups in total. The number of rotatable bonds is 7. The average molecular weight is 472 g/mol. The van der Waals surface area contributed by atoms with Gasteiger partial charge in [-0.05, 0) is 43.2 Å². The van der Waals surface area contributed by atoms with Gasteiger partial charge in [-0.25, -0.2) is 20.3 Å². The largest absolute Gasteiger partial charge is 0.492 e. The Balaban J connectivity index is 1.40. The van der Waals surface area contributed by atoms with Gasteiger partial charge in [0.15, 0.2) is 0 Å². The number of amides is 1. The fraction of sp³-hybridized carbons (Fsp3) is 0.308. The number of ether oxygens (including phenoxy) is 2. The van der Waals surface area contributed by atoms with Crippen LogP contribution in [0.3, 0.4) is 0 Å². The number of fused-ring (bicyclic) bond motifs is 1. The summed E-state index contributed by atoms with van der Waals surface area (Å²) >= 11 is 0. The number of nitrogens with one attached hydrogen (secondary N) is 1. The van der Waals surface area contributed by atoms with Gasteiger partial charge in [0.25, 0.3) is 5.91 Å². The Bertz CT molecular complexity index is 1250. The molecular weight excluding hydrogens is 444 g/mol. The molecule has 1 amide bonds. The van der Waals surface area contributed by atoms with Crippen LogP contribution in [0, 0.1) is 13.8 Å². The van der Waals surface area contributed by atoms with Gasteiger partial charge < -0.3 is 14.8 Å². The normalized spacial score (nSPS) is 15.4. The molecule has 35 heavy (non-hydrogen) atoms. The maximum atomic E-state index is 12.6. The van der Waals surface area contributed by atoms with E-state index in [1.807, 2.05) is 38.1 Å². The van der Waals surface area contributed by atoms with Crippen molar-refractivity contribution in [2.45, 2.75) is 13.8 Å². The molecule has 2 aliphatic rings. The van der Waals surface area contributed by atoms with Crippen LogP contribution in [0.15, 0.2) is 42.9 Å². The zero-order valence-electron chi connectivity index (χ0n) is 19.8. The lowest BCUT2D eigenvalue weighted by Gasteiger charge is -2.26. The Hall–Kier alpha value is -3.82. The van der Waals surface area contributed by atoms with Crippen molar-refractivity contribution in [1.82, 2.24) is 25.2 Å². The number of pyridine rings is 1. The van der Waals surface area contributed by atoms with Gasteiger partial charge in [-0.15, -0.1) is 0 Å². The van der Waals surface area contributed by atoms with Crippen molar-refractivity contribution in [3.05, 3.63) is 65.4 Å². The zero-order valence-corrected chi connectivity index (χ0v) is 19.8. The Morgan fingerprint density at radius 3 is 2.71 bits per heavy atom. The van der Waals surface area contributed by atoms with Crippen molar-refractivity contribution < 1.29 is 14.3 Å². The molecule has 3 aromatic rings. The van der Waals surface area contributed by atoms with Gasteiger partial charge in [0.1, 0.15) is 24.0 Å². The van der Waals surface area contributed by atoms with Crippen LogP contribution in [-0.2, 0) is 4.74 Å². The Morgan fingerprint density at radius 2 is 1.91 bits per heavy atom. The van der Waals surface area contributed by atoms with Crippen LogP contribution in [0.4, 0.5) is 11.5 Å². The van der Waals surface area contributed by atoms with Crippen molar-refractivity contribution in [3.63, 3.8) is 0 Å². The molecule has 9 nitrogen and oxygen atoms in total. The Labute approximate surface area is 204 Å². The Morgan fingerprint density at radius 1 is 1.11 bits per heavy atom. The summed E-state index contributed by atoms with van der Waals surface area (Å²) in [6.45, 7) is 8.67. The zero-order chi connectivity index (χ0) is 24.2. The van der Waals surface area contributed by atoms with E-state index in [0.717, 1.165) is 61.0 Å². The third-order valence-electron chi connectivity index (χ3n) is 6.01. The van der Waals surface area contributed by atoms with Gasteiger partial charge in [0, 0.05) is 55.5 Å². The first-order valence-electron chi connectivity index (χ1n) is 11.6. The van der Waals surface area contributed by atoms with Crippen LogP contribution >= 0.6 is 0 Å². The van der Waals surface area contributed by atoms with Crippen molar-refractivity contribution in [2.75, 3.05) is 44.8 Å². The molecule has 1 saturated heterocycles. The van der Waals surface area contributed by atoms with Crippen molar-refractivity contribution >= 4 is 23.5 Å². The number of morpholine rings is 1. The molecule has 1 radical (unpaired) electrons. The number of hydrogen-bond acceptors (Lipinski definition) is 8. The smallest absolute Gasteiger partial charge is 0.281 e. The van der Waals surface area contributed by atoms with Crippen molar-refractivity contribution in [1.29, 1.82) is 0 Å². The van der Waals surface area contributed by atoms with Crippen LogP contribution in [0.2, 0.25) is 0 Å². The minimum atomic E-state index is -0.335. The standard InChI is InChI=1S/C26H27N6O3/c1-17-3-4-21(14-23(17)35-12-9-32-7-10-34-11-8-32)30-25-24-19(5-6-27-26(24)33)13-22(31-25)20-15-28-18(2)29-16-20/h3-6,13-16H,7-12H2,1-2H3,(H,30,31). The van der Waals surface area contributed by atoms with Crippen molar-refractivity contribution in [3.8, 4) is 17.0 Å². The average Bonchev–Trinajstić information content (AvgIpc) is 2.87. The van der Waals surface area contributed by atoms with Crippen molar-refractivity contribution in [2.24, 2.45) is 0 Å². The molecule has 0 saturated carbocycles. The van der Waals surface area contributed by atoms with E-state index in [4.69, 9.17) is 14.5 Å². The maximum Gasteiger partial charge on any atom is 0.281 e. The van der Waals surface area contributed by atoms with E-state index in [-0.39, 0.29) is 5.91 Å². The van der Waals surface area contributed by atoms with Crippen LogP contribution in [0.5, 0.6) is 5.75 Å². The van der Waals surface area contributed by atoms with E-state index in [2.05, 4.69) is 25.5 Å². The van der Waals surface area contributed by atoms with E-state index in [0.29, 0.717) is 29.5 Å². The quantitative estimate of drug-likeness (QED) is 0.560. The second kappa shape index (κ2) is 10.2. The summed E-state index contributed by atoms with van der Waals surface area (Å²) in [6.07, 6.45) is 6.77. The molecule has 0 aliphatic carbocycles. The van der Waals surface area contributed by atoms with Gasteiger partial charge in [-0.3, -0.25) is 9.69 Å². The predicted octanol–water partition coefficient (Wildman–Crippen LogP) is 3.34. The van der Waals surface area contributed by atoms with E-state index in [1.165, 1.54) is 6.20 Å². The monoisotopic (exact) mass is 471 g/mol. The fourth-order valence-corrected chi connectivity index (χ4v) is 4.01. The van der Waals surface area contributed by atoms with Gasteiger partial charge >= 0.3 is 0 Å². The fourth-order valence-electron chi connectivity index (χ4n) is 4.01. The highest BCUT2D eigenvalue weighted by Crippen LogP contribution is 2.31. The first-order chi connectivity index (χ1) is 17.1. The van der Waals surface area contributed by atoms with E-state index in [9.17, 15) is 4.79 Å². The first-order valence-corrected chi connectivity index (χ1v) is 11.6. The molecule has 0 bridgehead atoms. The van der Waals surface area contributed by atoms with Gasteiger partial charge in [0.05, 0.1) is 24.5 Å². The third-order valence-corrected chi connectivity index (χ3v) is 6.01. The molecule has 4 heterocycles. The SMILES string of the molecule is Cc1ncc(-c2cc3c(c(Nc4ccc(C)c(OCCN5CCOCC5)c4)n2)C(=O)[N]C=C3)cn1. The molecule has 2 aliphatic heterocycles. The molecular formula is C26H27N6O3. The molecule has 2 aromatic heterocycles. The summed E-state index contributed by atoms with van der Waals surface area (Å²) in [5.74, 6) is 1.56. The second-order valence-corrected chi connectivity index (χ2v) is 8.50. The van der Waals surface area contributed by atoms with E-state index < -0.39 is 0 Å². The highest BCUT2D eigenvalue weighted by Gasteiger charge is 2.22. The second-order valence-electron chi connectivity index (χ2n) is 8.50. The molecule has 0 spiro atoms. The predicted molar refractivity (Wildman–Crippen MR) is 133 cm³/mol. The summed E-state index contributed by atoms with van der Waals surface area (Å²) in [6, 6.07) is 7.72. The third kappa shape index (κ3) is 5.31. The first kappa shape index (κ1) is 22.9. The molecule has 5 rings (SSSR count). The van der Waals surface area contributed by atoms with Crippen LogP contribution in [-0.4, -0.2) is 65.2 Å². The summed E-state index contributed by atoms with van der Waals surface area (Å²) in [7, 11) is 0. The summed E-state index contributed by atoms with van der Waals surface area (Å²) < 4.78 is 11.5. The maximum absolute atomic E-state index is 12.6. The van der Waals surface area contributed by atoms with E-state index >= 15 is 0 Å². The number of aryl methyl sites for hydroxylation is 2. The minimum absolute atomic E-state index is 0.335. The highest BCUT2D eigenvalue weighted by molar-refractivity contribution is 6.05. The van der Waals surface area contributed by atoms with Gasteiger partial charge in [-0.1, -0.05) is 6.07 Å². The lowest BCUT2D eigenvalue weighted by molar-refractivity contribution is 0.0322. The molecule has 179 valence electrons. The molecule has 9 heteroatoms.